The maximum atomic E-state index is 12.5. The molecule has 5 atom stereocenters. The minimum absolute atomic E-state index is 0.0124. The average molecular weight is 394 g/mol. The maximum Gasteiger partial charge on any atom is 0.279 e. The van der Waals surface area contributed by atoms with Gasteiger partial charge in [0, 0.05) is 16.9 Å². The zero-order valence-electron chi connectivity index (χ0n) is 15.2. The molecule has 0 unspecified atom stereocenters. The van der Waals surface area contributed by atoms with Crippen LogP contribution in [0.1, 0.15) is 31.7 Å². The average Bonchev–Trinajstić information content (AvgIpc) is 3.22. The molecule has 3 rings (SSSR count). The van der Waals surface area contributed by atoms with Crippen molar-refractivity contribution in [3.63, 3.8) is 0 Å². The first kappa shape index (κ1) is 19.5. The number of hydrazine groups is 1. The Morgan fingerprint density at radius 2 is 1.85 bits per heavy atom. The molecule has 2 saturated carbocycles. The molecule has 0 saturated heterocycles. The Hall–Kier alpha value is -2.28. The van der Waals surface area contributed by atoms with Crippen LogP contribution in [0.5, 0.6) is 5.75 Å². The lowest BCUT2D eigenvalue weighted by molar-refractivity contribution is -0.314. The molecule has 2 aliphatic rings. The maximum absolute atomic E-state index is 12.5. The molecule has 0 spiro atoms. The molecule has 0 heterocycles. The number of halogens is 1. The number of carboxylic acid groups (broad SMARTS) is 1. The summed E-state index contributed by atoms with van der Waals surface area (Å²) in [6, 6.07) is 5.05. The van der Waals surface area contributed by atoms with Crippen molar-refractivity contribution in [2.75, 3.05) is 0 Å². The van der Waals surface area contributed by atoms with Gasteiger partial charge in [-0.3, -0.25) is 20.4 Å². The first-order valence-corrected chi connectivity index (χ1v) is 9.39. The lowest BCUT2D eigenvalue weighted by Gasteiger charge is -2.30. The number of benzene rings is 1. The number of aliphatic carboxylic acids is 1. The van der Waals surface area contributed by atoms with Gasteiger partial charge < -0.3 is 14.6 Å². The summed E-state index contributed by atoms with van der Waals surface area (Å²) in [5.41, 5.74) is 5.46. The van der Waals surface area contributed by atoms with Gasteiger partial charge in [-0.1, -0.05) is 11.6 Å². The first-order valence-electron chi connectivity index (χ1n) is 9.01. The summed E-state index contributed by atoms with van der Waals surface area (Å²) in [6.45, 7) is 3.36. The summed E-state index contributed by atoms with van der Waals surface area (Å²) in [4.78, 5) is 36.1. The third-order valence-electron chi connectivity index (χ3n) is 5.61. The van der Waals surface area contributed by atoms with E-state index in [4.69, 9.17) is 16.3 Å². The fourth-order valence-electron chi connectivity index (χ4n) is 4.30. The van der Waals surface area contributed by atoms with Crippen molar-refractivity contribution in [3.05, 3.63) is 28.8 Å². The number of nitrogens with one attached hydrogen (secondary N) is 2. The Kier molecular flexibility index (Phi) is 5.60. The van der Waals surface area contributed by atoms with Crippen LogP contribution in [0.2, 0.25) is 5.02 Å². The zero-order chi connectivity index (χ0) is 19.7. The van der Waals surface area contributed by atoms with Crippen LogP contribution in [-0.2, 0) is 14.4 Å². The number of amides is 2. The molecule has 0 radical (unpaired) electrons. The Morgan fingerprint density at radius 3 is 2.48 bits per heavy atom. The van der Waals surface area contributed by atoms with E-state index in [-0.39, 0.29) is 11.8 Å². The van der Waals surface area contributed by atoms with E-state index in [0.717, 1.165) is 24.8 Å². The highest BCUT2D eigenvalue weighted by molar-refractivity contribution is 6.30. The molecule has 2 N–H and O–H groups in total. The van der Waals surface area contributed by atoms with Crippen molar-refractivity contribution in [2.24, 2.45) is 23.7 Å². The highest BCUT2D eigenvalue weighted by atomic mass is 35.5. The van der Waals surface area contributed by atoms with Gasteiger partial charge >= 0.3 is 0 Å². The summed E-state index contributed by atoms with van der Waals surface area (Å²) in [7, 11) is 0. The van der Waals surface area contributed by atoms with Gasteiger partial charge in [0.15, 0.2) is 6.10 Å². The molecule has 1 aromatic rings. The fraction of sp³-hybridized carbons (Fsp3) is 0.526. The molecule has 2 bridgehead atoms. The smallest absolute Gasteiger partial charge is 0.279 e. The highest BCUT2D eigenvalue weighted by Gasteiger charge is 2.51. The zero-order valence-corrected chi connectivity index (χ0v) is 15.9. The molecule has 8 heteroatoms. The van der Waals surface area contributed by atoms with Crippen molar-refractivity contribution >= 4 is 29.4 Å². The minimum Gasteiger partial charge on any atom is -0.550 e. The lowest BCUT2D eigenvalue weighted by Crippen LogP contribution is -2.52. The molecule has 7 nitrogen and oxygen atoms in total. The van der Waals surface area contributed by atoms with Crippen LogP contribution in [0.15, 0.2) is 18.2 Å². The fourth-order valence-corrected chi connectivity index (χ4v) is 4.53. The van der Waals surface area contributed by atoms with Gasteiger partial charge in [0.25, 0.3) is 5.91 Å². The number of hydrogen-bond acceptors (Lipinski definition) is 5. The van der Waals surface area contributed by atoms with Gasteiger partial charge in [0.1, 0.15) is 5.75 Å². The summed E-state index contributed by atoms with van der Waals surface area (Å²) in [5, 5.41) is 12.0. The quantitative estimate of drug-likeness (QED) is 0.725. The predicted octanol–water partition coefficient (Wildman–Crippen LogP) is 0.975. The molecule has 2 amide bonds. The largest absolute Gasteiger partial charge is 0.550 e. The van der Waals surface area contributed by atoms with E-state index < -0.39 is 35.7 Å². The summed E-state index contributed by atoms with van der Waals surface area (Å²) >= 11 is 5.90. The third kappa shape index (κ3) is 4.03. The monoisotopic (exact) mass is 393 g/mol. The number of carbonyl (C=O) groups is 3. The first-order chi connectivity index (χ1) is 12.8. The number of rotatable bonds is 5. The van der Waals surface area contributed by atoms with E-state index in [9.17, 15) is 19.5 Å². The predicted molar refractivity (Wildman–Crippen MR) is 95.4 cm³/mol. The second-order valence-corrected chi connectivity index (χ2v) is 7.79. The SMILES string of the molecule is Cc1cc(Cl)ccc1O[C@H](C)C(=O)NNC(=O)[C@H]1[C@@H]2CC[C@@H](C2)[C@@H]1C(=O)[O-]. The van der Waals surface area contributed by atoms with Crippen molar-refractivity contribution in [1.29, 1.82) is 0 Å². The number of carbonyl (C=O) groups excluding carboxylic acids is 3. The van der Waals surface area contributed by atoms with Crippen LogP contribution < -0.4 is 20.7 Å². The summed E-state index contributed by atoms with van der Waals surface area (Å²) in [5.74, 6) is -3.14. The standard InChI is InChI=1S/C19H23ClN2O5/c1-9-7-13(20)5-6-14(9)27-10(2)17(23)21-22-18(24)15-11-3-4-12(8-11)16(15)19(25)26/h5-7,10-12,15-16H,3-4,8H2,1-2H3,(H,21,23)(H,22,24)(H,25,26)/p-1/t10-,11-,12+,15+,16+/m1/s1. The molecular formula is C19H22ClN2O5-. The number of ether oxygens (including phenoxy) is 1. The van der Waals surface area contributed by atoms with E-state index >= 15 is 0 Å². The van der Waals surface area contributed by atoms with Gasteiger partial charge in [-0.25, -0.2) is 0 Å². The highest BCUT2D eigenvalue weighted by Crippen LogP contribution is 2.52. The van der Waals surface area contributed by atoms with Gasteiger partial charge in [-0.15, -0.1) is 0 Å². The molecule has 1 aromatic carbocycles. The number of hydrogen-bond donors (Lipinski definition) is 2. The van der Waals surface area contributed by atoms with Gasteiger partial charge in [0.2, 0.25) is 5.91 Å². The number of fused-ring (bicyclic) bond motifs is 2. The topological polar surface area (TPSA) is 108 Å². The van der Waals surface area contributed by atoms with E-state index in [1.807, 2.05) is 6.92 Å². The van der Waals surface area contributed by atoms with Gasteiger partial charge in [-0.05, 0) is 68.7 Å². The van der Waals surface area contributed by atoms with Crippen molar-refractivity contribution in [1.82, 2.24) is 10.9 Å². The second-order valence-electron chi connectivity index (χ2n) is 7.35. The van der Waals surface area contributed by atoms with Crippen LogP contribution in [0, 0.1) is 30.6 Å². The van der Waals surface area contributed by atoms with Crippen LogP contribution in [-0.4, -0.2) is 23.9 Å². The van der Waals surface area contributed by atoms with E-state index in [0.29, 0.717) is 10.8 Å². The number of carboxylic acids is 1. The normalized spacial score (nSPS) is 27.1. The molecule has 2 fully saturated rings. The molecule has 146 valence electrons. The molecule has 2 aliphatic carbocycles. The van der Waals surface area contributed by atoms with Crippen molar-refractivity contribution in [3.8, 4) is 5.75 Å². The number of aryl methyl sites for hydroxylation is 1. The summed E-state index contributed by atoms with van der Waals surface area (Å²) in [6.07, 6.45) is 1.50. The van der Waals surface area contributed by atoms with Gasteiger partial charge in [-0.2, -0.15) is 0 Å². The van der Waals surface area contributed by atoms with E-state index in [1.165, 1.54) is 0 Å². The molecule has 0 aliphatic heterocycles. The third-order valence-corrected chi connectivity index (χ3v) is 5.85. The Morgan fingerprint density at radius 1 is 1.19 bits per heavy atom. The van der Waals surface area contributed by atoms with E-state index in [2.05, 4.69) is 10.9 Å². The molecule has 27 heavy (non-hydrogen) atoms. The minimum atomic E-state index is -1.19. The molecular weight excluding hydrogens is 372 g/mol. The van der Waals surface area contributed by atoms with Crippen molar-refractivity contribution in [2.45, 2.75) is 39.2 Å². The molecule has 0 aromatic heterocycles. The van der Waals surface area contributed by atoms with Crippen LogP contribution in [0.3, 0.4) is 0 Å². The van der Waals surface area contributed by atoms with E-state index in [1.54, 1.807) is 25.1 Å². The van der Waals surface area contributed by atoms with Gasteiger partial charge in [0.05, 0.1) is 5.92 Å². The van der Waals surface area contributed by atoms with Crippen LogP contribution in [0.4, 0.5) is 0 Å². The Labute approximate surface area is 162 Å². The van der Waals surface area contributed by atoms with Crippen LogP contribution in [0.25, 0.3) is 0 Å². The Bertz CT molecular complexity index is 768. The van der Waals surface area contributed by atoms with Crippen molar-refractivity contribution < 1.29 is 24.2 Å². The Balaban J connectivity index is 1.55. The van der Waals surface area contributed by atoms with Crippen LogP contribution >= 0.6 is 11.6 Å². The second kappa shape index (κ2) is 7.76. The lowest BCUT2D eigenvalue weighted by atomic mass is 9.79. The summed E-state index contributed by atoms with van der Waals surface area (Å²) < 4.78 is 5.60.